The first-order chi connectivity index (χ1) is 6.58. The Kier molecular flexibility index (Phi) is 3.61. The molecule has 0 aliphatic carbocycles. The maximum absolute atomic E-state index is 13.3. The van der Waals surface area contributed by atoms with Crippen LogP contribution in [-0.4, -0.2) is 18.3 Å². The quantitative estimate of drug-likeness (QED) is 0.802. The maximum atomic E-state index is 13.3. The average Bonchev–Trinajstić information content (AvgIpc) is 2.15. The predicted molar refractivity (Wildman–Crippen MR) is 52.5 cm³/mol. The smallest absolute Gasteiger partial charge is 0.129 e. The maximum Gasteiger partial charge on any atom is 0.129 e. The molecule has 0 spiro atoms. The molecular formula is C11H15FO2. The fraction of sp³-hybridized carbons (Fsp3) is 0.455. The van der Waals surface area contributed by atoms with Gasteiger partial charge in [0, 0.05) is 12.2 Å². The summed E-state index contributed by atoms with van der Waals surface area (Å²) in [6.45, 7) is 3.98. The van der Waals surface area contributed by atoms with Crippen LogP contribution in [-0.2, 0) is 10.3 Å². The number of hydrogen-bond donors (Lipinski definition) is 1. The average molecular weight is 198 g/mol. The summed E-state index contributed by atoms with van der Waals surface area (Å²) < 4.78 is 18.4. The highest BCUT2D eigenvalue weighted by Crippen LogP contribution is 2.23. The Labute approximate surface area is 83.3 Å². The minimum Gasteiger partial charge on any atom is -0.383 e. The van der Waals surface area contributed by atoms with Crippen molar-refractivity contribution >= 4 is 0 Å². The largest absolute Gasteiger partial charge is 0.383 e. The van der Waals surface area contributed by atoms with Crippen molar-refractivity contribution in [2.24, 2.45) is 0 Å². The Morgan fingerprint density at radius 3 is 2.64 bits per heavy atom. The van der Waals surface area contributed by atoms with Gasteiger partial charge in [0.1, 0.15) is 11.4 Å². The van der Waals surface area contributed by atoms with E-state index in [0.29, 0.717) is 6.61 Å². The molecule has 0 aromatic heterocycles. The molecule has 0 heterocycles. The van der Waals surface area contributed by atoms with Crippen molar-refractivity contribution in [2.45, 2.75) is 19.4 Å². The van der Waals surface area contributed by atoms with Gasteiger partial charge < -0.3 is 9.84 Å². The zero-order valence-electron chi connectivity index (χ0n) is 8.46. The van der Waals surface area contributed by atoms with Gasteiger partial charge in [0.25, 0.3) is 0 Å². The van der Waals surface area contributed by atoms with E-state index in [1.807, 2.05) is 6.92 Å². The first-order valence-corrected chi connectivity index (χ1v) is 4.63. The van der Waals surface area contributed by atoms with Gasteiger partial charge in [0.2, 0.25) is 0 Å². The van der Waals surface area contributed by atoms with E-state index in [-0.39, 0.29) is 12.2 Å². The van der Waals surface area contributed by atoms with E-state index < -0.39 is 11.4 Å². The topological polar surface area (TPSA) is 29.5 Å². The van der Waals surface area contributed by atoms with E-state index in [9.17, 15) is 9.50 Å². The molecule has 0 radical (unpaired) electrons. The molecule has 1 N–H and O–H groups in total. The fourth-order valence-electron chi connectivity index (χ4n) is 1.28. The highest BCUT2D eigenvalue weighted by atomic mass is 19.1. The summed E-state index contributed by atoms with van der Waals surface area (Å²) in [7, 11) is 0. The van der Waals surface area contributed by atoms with Crippen LogP contribution < -0.4 is 0 Å². The van der Waals surface area contributed by atoms with Crippen molar-refractivity contribution in [2.75, 3.05) is 13.2 Å². The summed E-state index contributed by atoms with van der Waals surface area (Å²) in [5.41, 5.74) is -0.991. The van der Waals surface area contributed by atoms with Gasteiger partial charge in [-0.15, -0.1) is 0 Å². The van der Waals surface area contributed by atoms with Gasteiger partial charge in [0.15, 0.2) is 0 Å². The lowest BCUT2D eigenvalue weighted by molar-refractivity contribution is -0.0364. The van der Waals surface area contributed by atoms with Crippen molar-refractivity contribution in [3.05, 3.63) is 35.6 Å². The molecule has 0 aliphatic heterocycles. The van der Waals surface area contributed by atoms with E-state index in [4.69, 9.17) is 4.74 Å². The van der Waals surface area contributed by atoms with Crippen LogP contribution in [0.2, 0.25) is 0 Å². The zero-order valence-corrected chi connectivity index (χ0v) is 8.46. The summed E-state index contributed by atoms with van der Waals surface area (Å²) >= 11 is 0. The van der Waals surface area contributed by atoms with E-state index in [2.05, 4.69) is 0 Å². The molecule has 0 amide bonds. The van der Waals surface area contributed by atoms with Crippen molar-refractivity contribution in [3.8, 4) is 0 Å². The van der Waals surface area contributed by atoms with Crippen LogP contribution in [0.5, 0.6) is 0 Å². The summed E-state index contributed by atoms with van der Waals surface area (Å²) in [5, 5.41) is 9.93. The Morgan fingerprint density at radius 1 is 1.43 bits per heavy atom. The molecule has 0 saturated heterocycles. The number of rotatable bonds is 4. The van der Waals surface area contributed by atoms with Crippen LogP contribution in [0.4, 0.5) is 4.39 Å². The van der Waals surface area contributed by atoms with Crippen molar-refractivity contribution in [1.29, 1.82) is 0 Å². The second kappa shape index (κ2) is 4.53. The highest BCUT2D eigenvalue weighted by Gasteiger charge is 2.26. The molecule has 0 saturated carbocycles. The molecule has 3 heteroatoms. The number of hydrogen-bond acceptors (Lipinski definition) is 2. The third kappa shape index (κ3) is 2.53. The molecule has 0 fully saturated rings. The SMILES string of the molecule is CCOCC(C)(O)c1ccccc1F. The van der Waals surface area contributed by atoms with Gasteiger partial charge in [-0.3, -0.25) is 0 Å². The minimum atomic E-state index is -1.26. The van der Waals surface area contributed by atoms with E-state index in [1.54, 1.807) is 25.1 Å². The Morgan fingerprint density at radius 2 is 2.07 bits per heavy atom. The van der Waals surface area contributed by atoms with Gasteiger partial charge in [-0.05, 0) is 19.9 Å². The van der Waals surface area contributed by atoms with Gasteiger partial charge in [-0.2, -0.15) is 0 Å². The van der Waals surface area contributed by atoms with Crippen LogP contribution in [0.1, 0.15) is 19.4 Å². The third-order valence-corrected chi connectivity index (χ3v) is 2.04. The van der Waals surface area contributed by atoms with Crippen LogP contribution in [0.3, 0.4) is 0 Å². The molecule has 1 aromatic rings. The molecule has 1 atom stereocenters. The van der Waals surface area contributed by atoms with E-state index in [1.165, 1.54) is 6.07 Å². The van der Waals surface area contributed by atoms with Gasteiger partial charge in [-0.25, -0.2) is 4.39 Å². The Balaban J connectivity index is 2.86. The first kappa shape index (κ1) is 11.1. The molecule has 1 aromatic carbocycles. The standard InChI is InChI=1S/C11H15FO2/c1-3-14-8-11(2,13)9-6-4-5-7-10(9)12/h4-7,13H,3,8H2,1-2H3. The second-order valence-corrected chi connectivity index (χ2v) is 3.39. The lowest BCUT2D eigenvalue weighted by atomic mass is 9.96. The number of aliphatic hydroxyl groups is 1. The number of benzene rings is 1. The number of halogens is 1. The molecule has 14 heavy (non-hydrogen) atoms. The third-order valence-electron chi connectivity index (χ3n) is 2.04. The van der Waals surface area contributed by atoms with E-state index >= 15 is 0 Å². The van der Waals surface area contributed by atoms with Crippen molar-refractivity contribution in [1.82, 2.24) is 0 Å². The van der Waals surface area contributed by atoms with Crippen molar-refractivity contribution < 1.29 is 14.2 Å². The first-order valence-electron chi connectivity index (χ1n) is 4.63. The second-order valence-electron chi connectivity index (χ2n) is 3.39. The summed E-state index contributed by atoms with van der Waals surface area (Å²) in [4.78, 5) is 0. The van der Waals surface area contributed by atoms with Gasteiger partial charge in [0.05, 0.1) is 6.61 Å². The Bertz CT molecular complexity index is 297. The molecule has 0 aliphatic rings. The van der Waals surface area contributed by atoms with Crippen LogP contribution in [0.15, 0.2) is 24.3 Å². The van der Waals surface area contributed by atoms with Gasteiger partial charge >= 0.3 is 0 Å². The van der Waals surface area contributed by atoms with Crippen LogP contribution in [0.25, 0.3) is 0 Å². The molecule has 1 rings (SSSR count). The molecule has 0 bridgehead atoms. The monoisotopic (exact) mass is 198 g/mol. The van der Waals surface area contributed by atoms with Gasteiger partial charge in [-0.1, -0.05) is 18.2 Å². The lowest BCUT2D eigenvalue weighted by Gasteiger charge is -2.23. The minimum absolute atomic E-state index is 0.102. The van der Waals surface area contributed by atoms with Crippen LogP contribution >= 0.6 is 0 Å². The molecular weight excluding hydrogens is 183 g/mol. The highest BCUT2D eigenvalue weighted by molar-refractivity contribution is 5.23. The molecule has 78 valence electrons. The predicted octanol–water partition coefficient (Wildman–Crippen LogP) is 2.07. The summed E-state index contributed by atoms with van der Waals surface area (Å²) in [6, 6.07) is 6.18. The van der Waals surface area contributed by atoms with Crippen LogP contribution in [0, 0.1) is 5.82 Å². The number of ether oxygens (including phenoxy) is 1. The molecule has 1 unspecified atom stereocenters. The van der Waals surface area contributed by atoms with E-state index in [0.717, 1.165) is 0 Å². The summed E-state index contributed by atoms with van der Waals surface area (Å²) in [5.74, 6) is -0.405. The fourth-order valence-corrected chi connectivity index (χ4v) is 1.28. The lowest BCUT2D eigenvalue weighted by Crippen LogP contribution is -2.29. The molecule has 2 nitrogen and oxygen atoms in total. The Hall–Kier alpha value is -0.930. The summed E-state index contributed by atoms with van der Waals surface area (Å²) in [6.07, 6.45) is 0. The van der Waals surface area contributed by atoms with Crippen molar-refractivity contribution in [3.63, 3.8) is 0 Å². The zero-order chi connectivity index (χ0) is 10.6. The normalized spacial score (nSPS) is 15.1.